The Kier molecular flexibility index (Phi) is 26.4. The van der Waals surface area contributed by atoms with E-state index in [1.807, 2.05) is 13.8 Å². The predicted octanol–water partition coefficient (Wildman–Crippen LogP) is 7.85. The summed E-state index contributed by atoms with van der Waals surface area (Å²) in [5.74, 6) is 1.65. The van der Waals surface area contributed by atoms with Gasteiger partial charge < -0.3 is 25.0 Å². The van der Waals surface area contributed by atoms with Crippen LogP contribution >= 0.6 is 0 Å². The first-order valence-electron chi connectivity index (χ1n) is 18.1. The molecule has 0 bridgehead atoms. The van der Waals surface area contributed by atoms with Crippen molar-refractivity contribution in [2.24, 2.45) is 23.0 Å². The van der Waals surface area contributed by atoms with E-state index in [4.69, 9.17) is 9.47 Å². The fourth-order valence-corrected chi connectivity index (χ4v) is 5.99. The molecule has 0 aromatic rings. The molecule has 0 radical (unpaired) electrons. The molecule has 43 heavy (non-hydrogen) atoms. The molecule has 2 heterocycles. The van der Waals surface area contributed by atoms with Crippen molar-refractivity contribution in [1.82, 2.24) is 9.80 Å². The first-order valence-corrected chi connectivity index (χ1v) is 18.1. The zero-order valence-electron chi connectivity index (χ0n) is 29.7. The van der Waals surface area contributed by atoms with Gasteiger partial charge in [-0.3, -0.25) is 9.59 Å². The van der Waals surface area contributed by atoms with Crippen LogP contribution < -0.4 is 5.73 Å². The van der Waals surface area contributed by atoms with E-state index in [2.05, 4.69) is 43.2 Å². The van der Waals surface area contributed by atoms with Gasteiger partial charge in [0.2, 0.25) is 0 Å². The first-order chi connectivity index (χ1) is 20.7. The van der Waals surface area contributed by atoms with Crippen molar-refractivity contribution in [1.29, 1.82) is 0 Å². The summed E-state index contributed by atoms with van der Waals surface area (Å²) in [6, 6.07) is 0. The molecule has 7 nitrogen and oxygen atoms in total. The lowest BCUT2D eigenvalue weighted by Gasteiger charge is -2.33. The summed E-state index contributed by atoms with van der Waals surface area (Å²) in [5, 5.41) is 0. The summed E-state index contributed by atoms with van der Waals surface area (Å²) < 4.78 is 10.8. The molecular weight excluding hydrogens is 538 g/mol. The highest BCUT2D eigenvalue weighted by atomic mass is 16.5. The summed E-state index contributed by atoms with van der Waals surface area (Å²) in [5.41, 5.74) is 4.86. The van der Waals surface area contributed by atoms with Crippen LogP contribution in [0.5, 0.6) is 0 Å². The van der Waals surface area contributed by atoms with Crippen LogP contribution in [0.3, 0.4) is 0 Å². The van der Waals surface area contributed by atoms with Gasteiger partial charge in [0.15, 0.2) is 0 Å². The van der Waals surface area contributed by atoms with E-state index < -0.39 is 0 Å². The number of likely N-dealkylation sites (tertiary alicyclic amines) is 2. The van der Waals surface area contributed by atoms with Crippen molar-refractivity contribution in [3.8, 4) is 0 Å². The van der Waals surface area contributed by atoms with Gasteiger partial charge >= 0.3 is 11.9 Å². The number of esters is 2. The number of carbonyl (C=O) groups is 2. The van der Waals surface area contributed by atoms with E-state index >= 15 is 0 Å². The fraction of sp³-hybridized carbons (Fsp3) is 0.944. The standard InChI is InChI=1S/C33H62N2O4.C2H6.CH5N/c1-5-6-7-9-27-38-31(36)18-25-34-21-14-29(15-22-34)12-11-13-30-16-23-35(24-17-30)26-19-32(37)39-28-10-8-20-33(2,3)4;2*1-2/h29-30H,5-28H2,1-4H3;1-2H3;2H2,1H3. The maximum Gasteiger partial charge on any atom is 0.307 e. The van der Waals surface area contributed by atoms with Crippen molar-refractivity contribution in [2.75, 3.05) is 59.5 Å². The lowest BCUT2D eigenvalue weighted by molar-refractivity contribution is -0.145. The molecular formula is C36H73N3O4. The molecule has 2 aliphatic rings. The van der Waals surface area contributed by atoms with Crippen molar-refractivity contribution >= 4 is 11.9 Å². The van der Waals surface area contributed by atoms with Gasteiger partial charge in [-0.2, -0.15) is 0 Å². The number of ether oxygens (including phenoxy) is 2. The number of nitrogens with two attached hydrogens (primary N) is 1. The van der Waals surface area contributed by atoms with E-state index in [0.29, 0.717) is 31.5 Å². The zero-order valence-corrected chi connectivity index (χ0v) is 29.7. The number of unbranched alkanes of at least 4 members (excludes halogenated alkanes) is 4. The molecule has 0 amide bonds. The predicted molar refractivity (Wildman–Crippen MR) is 182 cm³/mol. The number of rotatable bonds is 19. The Bertz CT molecular complexity index is 651. The quantitative estimate of drug-likeness (QED) is 0.118. The zero-order chi connectivity index (χ0) is 32.3. The lowest BCUT2D eigenvalue weighted by atomic mass is 9.87. The topological polar surface area (TPSA) is 85.1 Å². The van der Waals surface area contributed by atoms with Gasteiger partial charge in [-0.25, -0.2) is 0 Å². The normalized spacial score (nSPS) is 16.9. The second-order valence-corrected chi connectivity index (χ2v) is 13.5. The molecule has 7 heteroatoms. The highest BCUT2D eigenvalue weighted by Crippen LogP contribution is 2.27. The van der Waals surface area contributed by atoms with Crippen molar-refractivity contribution < 1.29 is 19.1 Å². The minimum absolute atomic E-state index is 0.0262. The maximum absolute atomic E-state index is 12.1. The molecule has 0 aliphatic carbocycles. The summed E-state index contributed by atoms with van der Waals surface area (Å²) in [7, 11) is 1.50. The second kappa shape index (κ2) is 27.2. The average molecular weight is 612 g/mol. The lowest BCUT2D eigenvalue weighted by Crippen LogP contribution is -2.36. The van der Waals surface area contributed by atoms with Crippen LogP contribution in [0.15, 0.2) is 0 Å². The SMILES string of the molecule is CC.CCCCCCOC(=O)CCN1CCC(CCCC2CCN(CCC(=O)OCCCCC(C)(C)C)CC2)CC1.CN. The molecule has 2 rings (SSSR count). The minimum Gasteiger partial charge on any atom is -0.466 e. The van der Waals surface area contributed by atoms with Crippen LogP contribution in [-0.4, -0.2) is 81.3 Å². The van der Waals surface area contributed by atoms with E-state index in [9.17, 15) is 9.59 Å². The monoisotopic (exact) mass is 612 g/mol. The third kappa shape index (κ3) is 23.8. The largest absolute Gasteiger partial charge is 0.466 e. The van der Waals surface area contributed by atoms with Crippen LogP contribution in [0.1, 0.15) is 144 Å². The number of hydrogen-bond acceptors (Lipinski definition) is 7. The Morgan fingerprint density at radius 1 is 0.674 bits per heavy atom. The smallest absolute Gasteiger partial charge is 0.307 e. The third-order valence-corrected chi connectivity index (χ3v) is 8.75. The van der Waals surface area contributed by atoms with E-state index in [0.717, 1.165) is 76.8 Å². The van der Waals surface area contributed by atoms with Crippen molar-refractivity contribution in [3.63, 3.8) is 0 Å². The Morgan fingerprint density at radius 2 is 1.09 bits per heavy atom. The van der Waals surface area contributed by atoms with Gasteiger partial charge in [0.1, 0.15) is 0 Å². The Balaban J connectivity index is 0.00000422. The maximum atomic E-state index is 12.1. The Morgan fingerprint density at radius 3 is 1.49 bits per heavy atom. The molecule has 0 saturated carbocycles. The molecule has 0 spiro atoms. The molecule has 0 atom stereocenters. The third-order valence-electron chi connectivity index (χ3n) is 8.75. The summed E-state index contributed by atoms with van der Waals surface area (Å²) in [4.78, 5) is 29.0. The van der Waals surface area contributed by atoms with Gasteiger partial charge in [0, 0.05) is 13.1 Å². The highest BCUT2D eigenvalue weighted by molar-refractivity contribution is 5.69. The first kappa shape index (κ1) is 41.8. The van der Waals surface area contributed by atoms with Crippen molar-refractivity contribution in [2.45, 2.75) is 144 Å². The summed E-state index contributed by atoms with van der Waals surface area (Å²) in [6.45, 7) is 20.4. The van der Waals surface area contributed by atoms with E-state index in [1.54, 1.807) is 0 Å². The fourth-order valence-electron chi connectivity index (χ4n) is 5.99. The summed E-state index contributed by atoms with van der Waals surface area (Å²) in [6.07, 6.45) is 18.1. The molecule has 2 N–H and O–H groups in total. The number of hydrogen-bond donors (Lipinski definition) is 1. The van der Waals surface area contributed by atoms with Crippen LogP contribution in [0.4, 0.5) is 0 Å². The summed E-state index contributed by atoms with van der Waals surface area (Å²) >= 11 is 0. The van der Waals surface area contributed by atoms with Gasteiger partial charge in [-0.05, 0) is 102 Å². The number of carbonyl (C=O) groups excluding carboxylic acids is 2. The molecule has 256 valence electrons. The molecule has 2 fully saturated rings. The average Bonchev–Trinajstić information content (AvgIpc) is 3.01. The highest BCUT2D eigenvalue weighted by Gasteiger charge is 2.22. The molecule has 0 unspecified atom stereocenters. The van der Waals surface area contributed by atoms with Crippen LogP contribution in [-0.2, 0) is 19.1 Å². The van der Waals surface area contributed by atoms with E-state index in [1.165, 1.54) is 71.3 Å². The minimum atomic E-state index is -0.0309. The van der Waals surface area contributed by atoms with Gasteiger partial charge in [0.05, 0.1) is 26.1 Å². The molecule has 0 aromatic carbocycles. The van der Waals surface area contributed by atoms with Crippen LogP contribution in [0.25, 0.3) is 0 Å². The molecule has 0 aromatic heterocycles. The van der Waals surface area contributed by atoms with Gasteiger partial charge in [-0.15, -0.1) is 0 Å². The van der Waals surface area contributed by atoms with E-state index in [-0.39, 0.29) is 11.9 Å². The van der Waals surface area contributed by atoms with Gasteiger partial charge in [0.25, 0.3) is 0 Å². The van der Waals surface area contributed by atoms with Crippen LogP contribution in [0.2, 0.25) is 0 Å². The van der Waals surface area contributed by atoms with Crippen LogP contribution in [0, 0.1) is 17.3 Å². The van der Waals surface area contributed by atoms with Gasteiger partial charge in [-0.1, -0.05) is 80.1 Å². The Hall–Kier alpha value is -1.18. The second-order valence-electron chi connectivity index (χ2n) is 13.5. The van der Waals surface area contributed by atoms with Crippen molar-refractivity contribution in [3.05, 3.63) is 0 Å². The molecule has 2 aliphatic heterocycles. The number of piperidine rings is 2. The Labute approximate surface area is 267 Å². The number of nitrogens with zero attached hydrogens (tertiary/aromatic N) is 2. The molecule has 2 saturated heterocycles.